The number of hydrogen-bond acceptors (Lipinski definition) is 5. The summed E-state index contributed by atoms with van der Waals surface area (Å²) in [6.45, 7) is 4.05. The van der Waals surface area contributed by atoms with Gasteiger partial charge in [0.2, 0.25) is 5.91 Å². The quantitative estimate of drug-likeness (QED) is 0.467. The van der Waals surface area contributed by atoms with Gasteiger partial charge in [0.1, 0.15) is 16.9 Å². The van der Waals surface area contributed by atoms with E-state index >= 15 is 0 Å². The van der Waals surface area contributed by atoms with E-state index in [0.29, 0.717) is 44.8 Å². The highest BCUT2D eigenvalue weighted by Gasteiger charge is 2.43. The lowest BCUT2D eigenvalue weighted by Crippen LogP contribution is -2.49. The van der Waals surface area contributed by atoms with Crippen molar-refractivity contribution >= 4 is 52.5 Å². The number of amides is 3. The van der Waals surface area contributed by atoms with Crippen LogP contribution in [0, 0.1) is 0 Å². The van der Waals surface area contributed by atoms with E-state index in [1.54, 1.807) is 47.2 Å². The summed E-state index contributed by atoms with van der Waals surface area (Å²) in [7, 11) is 1.55. The molecule has 2 aromatic heterocycles. The van der Waals surface area contributed by atoms with Crippen LogP contribution in [-0.4, -0.2) is 61.9 Å². The molecule has 2 aliphatic rings. The van der Waals surface area contributed by atoms with Crippen molar-refractivity contribution in [2.75, 3.05) is 13.6 Å². The van der Waals surface area contributed by atoms with Crippen LogP contribution in [-0.2, 0) is 17.8 Å². The van der Waals surface area contributed by atoms with Gasteiger partial charge in [-0.2, -0.15) is 5.10 Å². The van der Waals surface area contributed by atoms with Gasteiger partial charge in [-0.15, -0.1) is 0 Å². The molecule has 4 heterocycles. The lowest BCUT2D eigenvalue weighted by Gasteiger charge is -2.37. The van der Waals surface area contributed by atoms with E-state index in [4.69, 9.17) is 39.9 Å². The summed E-state index contributed by atoms with van der Waals surface area (Å²) >= 11 is 18.3. The number of benzene rings is 1. The van der Waals surface area contributed by atoms with Gasteiger partial charge in [-0.05, 0) is 44.2 Å². The topological polar surface area (TPSA) is 100 Å². The summed E-state index contributed by atoms with van der Waals surface area (Å²) < 4.78 is 1.51. The Hall–Kier alpha value is -3.14. The molecule has 0 unspecified atom stereocenters. The van der Waals surface area contributed by atoms with Gasteiger partial charge in [0, 0.05) is 30.6 Å². The molecule has 38 heavy (non-hydrogen) atoms. The molecule has 12 heteroatoms. The third-order valence-electron chi connectivity index (χ3n) is 7.18. The Kier molecular flexibility index (Phi) is 7.11. The second-order valence-electron chi connectivity index (χ2n) is 9.48. The fourth-order valence-corrected chi connectivity index (χ4v) is 5.54. The fourth-order valence-electron chi connectivity index (χ4n) is 5.07. The molecule has 3 atom stereocenters. The normalized spacial score (nSPS) is 19.6. The maximum Gasteiger partial charge on any atom is 0.273 e. The van der Waals surface area contributed by atoms with Gasteiger partial charge in [-0.1, -0.05) is 40.9 Å². The summed E-state index contributed by atoms with van der Waals surface area (Å²) in [5.41, 5.74) is 2.63. The van der Waals surface area contributed by atoms with Gasteiger partial charge < -0.3 is 15.1 Å². The van der Waals surface area contributed by atoms with Gasteiger partial charge in [-0.3, -0.25) is 14.4 Å². The number of fused-ring (bicyclic) bond motifs is 3. The highest BCUT2D eigenvalue weighted by molar-refractivity contribution is 6.42. The molecule has 0 aliphatic carbocycles. The van der Waals surface area contributed by atoms with Crippen LogP contribution < -0.4 is 5.32 Å². The first kappa shape index (κ1) is 26.5. The van der Waals surface area contributed by atoms with Crippen molar-refractivity contribution in [3.63, 3.8) is 0 Å². The van der Waals surface area contributed by atoms with Crippen molar-refractivity contribution in [2.45, 2.75) is 44.9 Å². The molecule has 3 aromatic rings. The van der Waals surface area contributed by atoms with E-state index in [1.165, 1.54) is 10.7 Å². The third-order valence-corrected chi connectivity index (χ3v) is 8.13. The zero-order chi connectivity index (χ0) is 27.3. The molecule has 198 valence electrons. The van der Waals surface area contributed by atoms with Crippen LogP contribution in [0.25, 0.3) is 0 Å². The molecule has 5 rings (SSSR count). The van der Waals surface area contributed by atoms with Crippen LogP contribution in [0.15, 0.2) is 36.4 Å². The minimum atomic E-state index is -0.741. The minimum absolute atomic E-state index is 0.114. The zero-order valence-electron chi connectivity index (χ0n) is 20.9. The summed E-state index contributed by atoms with van der Waals surface area (Å²) in [4.78, 5) is 48.1. The molecule has 2 aliphatic heterocycles. The molecular weight excluding hydrogens is 551 g/mol. The molecule has 3 amide bonds. The van der Waals surface area contributed by atoms with E-state index < -0.39 is 12.1 Å². The van der Waals surface area contributed by atoms with Crippen molar-refractivity contribution < 1.29 is 14.4 Å². The summed E-state index contributed by atoms with van der Waals surface area (Å²) in [6, 6.07) is 8.58. The van der Waals surface area contributed by atoms with Crippen LogP contribution in [0.1, 0.15) is 63.7 Å². The Labute approximate surface area is 234 Å². The Morgan fingerprint density at radius 3 is 2.58 bits per heavy atom. The maximum absolute atomic E-state index is 14.0. The first-order valence-corrected chi connectivity index (χ1v) is 13.2. The number of nitrogens with one attached hydrogen (secondary N) is 1. The number of aromatic nitrogens is 3. The molecular formula is C26H25Cl3N6O3. The van der Waals surface area contributed by atoms with E-state index in [2.05, 4.69) is 10.3 Å². The van der Waals surface area contributed by atoms with E-state index in [9.17, 15) is 14.4 Å². The molecule has 0 spiro atoms. The number of nitrogens with zero attached hydrogens (tertiary/aromatic N) is 5. The molecule has 0 radical (unpaired) electrons. The van der Waals surface area contributed by atoms with Crippen molar-refractivity contribution in [3.8, 4) is 0 Å². The standard InChI is InChI=1S/C26H25Cl3N6O3/c1-13-9-20-16(11-33(13)25(37)15-7-8-17(27)18(28)10-15)23-26(38)34(12-21(24(36)30-3)35(23)32-20)14(2)19-5-4-6-22(29)31-19/h4-8,10,13-14,21H,9,11-12H2,1-3H3,(H,30,36)/t13-,14+,21+/m1/s1. The maximum atomic E-state index is 14.0. The lowest BCUT2D eigenvalue weighted by molar-refractivity contribution is -0.125. The second-order valence-corrected chi connectivity index (χ2v) is 10.7. The van der Waals surface area contributed by atoms with Gasteiger partial charge in [0.15, 0.2) is 0 Å². The Morgan fingerprint density at radius 1 is 1.13 bits per heavy atom. The predicted octanol–water partition coefficient (Wildman–Crippen LogP) is 4.33. The number of carbonyl (C=O) groups is 3. The number of halogens is 3. The highest BCUT2D eigenvalue weighted by atomic mass is 35.5. The van der Waals surface area contributed by atoms with E-state index in [0.717, 1.165) is 0 Å². The SMILES string of the molecule is CNC(=O)[C@@H]1CN([C@@H](C)c2cccc(Cl)n2)C(=O)c2c3c(nn21)C[C@@H](C)N(C(=O)c1ccc(Cl)c(Cl)c1)C3. The molecule has 0 bridgehead atoms. The first-order valence-electron chi connectivity index (χ1n) is 12.1. The zero-order valence-corrected chi connectivity index (χ0v) is 23.2. The monoisotopic (exact) mass is 574 g/mol. The molecule has 0 saturated carbocycles. The first-order chi connectivity index (χ1) is 18.1. The highest BCUT2D eigenvalue weighted by Crippen LogP contribution is 2.35. The number of rotatable bonds is 4. The predicted molar refractivity (Wildman–Crippen MR) is 144 cm³/mol. The van der Waals surface area contributed by atoms with Crippen LogP contribution in [0.5, 0.6) is 0 Å². The molecule has 0 fully saturated rings. The smallest absolute Gasteiger partial charge is 0.273 e. The van der Waals surface area contributed by atoms with Crippen molar-refractivity contribution in [2.24, 2.45) is 0 Å². The van der Waals surface area contributed by atoms with Crippen LogP contribution >= 0.6 is 34.8 Å². The van der Waals surface area contributed by atoms with Gasteiger partial charge in [0.05, 0.1) is 40.6 Å². The van der Waals surface area contributed by atoms with E-state index in [-0.39, 0.29) is 41.9 Å². The number of hydrogen-bond donors (Lipinski definition) is 1. The summed E-state index contributed by atoms with van der Waals surface area (Å²) in [5, 5.41) is 8.35. The van der Waals surface area contributed by atoms with Crippen molar-refractivity contribution in [1.29, 1.82) is 0 Å². The fraction of sp³-hybridized carbons (Fsp3) is 0.346. The van der Waals surface area contributed by atoms with E-state index in [1.807, 2.05) is 13.8 Å². The average Bonchev–Trinajstić information content (AvgIpc) is 3.27. The van der Waals surface area contributed by atoms with Crippen LogP contribution in [0.2, 0.25) is 15.2 Å². The summed E-state index contributed by atoms with van der Waals surface area (Å²) in [6.07, 6.45) is 0.432. The number of pyridine rings is 1. The molecule has 9 nitrogen and oxygen atoms in total. The molecule has 0 saturated heterocycles. The molecule has 1 aromatic carbocycles. The van der Waals surface area contributed by atoms with Crippen molar-refractivity contribution in [1.82, 2.24) is 29.9 Å². The Morgan fingerprint density at radius 2 is 1.89 bits per heavy atom. The number of carbonyl (C=O) groups excluding carboxylic acids is 3. The molecule has 1 N–H and O–H groups in total. The van der Waals surface area contributed by atoms with Crippen LogP contribution in [0.3, 0.4) is 0 Å². The third kappa shape index (κ3) is 4.52. The minimum Gasteiger partial charge on any atom is -0.357 e. The number of likely N-dealkylation sites (N-methyl/N-ethyl adjacent to an activating group) is 1. The van der Waals surface area contributed by atoms with Gasteiger partial charge >= 0.3 is 0 Å². The Bertz CT molecular complexity index is 1460. The summed E-state index contributed by atoms with van der Waals surface area (Å²) in [5.74, 6) is -0.794. The van der Waals surface area contributed by atoms with Crippen molar-refractivity contribution in [3.05, 3.63) is 79.8 Å². The lowest BCUT2D eigenvalue weighted by atomic mass is 9.96. The van der Waals surface area contributed by atoms with Gasteiger partial charge in [-0.25, -0.2) is 9.67 Å². The second kappa shape index (κ2) is 10.2. The van der Waals surface area contributed by atoms with Gasteiger partial charge in [0.25, 0.3) is 11.8 Å². The largest absolute Gasteiger partial charge is 0.357 e. The van der Waals surface area contributed by atoms with Crippen LogP contribution in [0.4, 0.5) is 0 Å². The Balaban J connectivity index is 1.55. The average molecular weight is 576 g/mol.